The predicted octanol–water partition coefficient (Wildman–Crippen LogP) is 3.99. The van der Waals surface area contributed by atoms with E-state index in [0.29, 0.717) is 12.1 Å². The summed E-state index contributed by atoms with van der Waals surface area (Å²) in [7, 11) is 2.12. The highest BCUT2D eigenvalue weighted by atomic mass is 15.2. The minimum atomic E-state index is 0.455. The van der Waals surface area contributed by atoms with Crippen molar-refractivity contribution in [3.63, 3.8) is 0 Å². The Bertz CT molecular complexity index is 430. The summed E-state index contributed by atoms with van der Waals surface area (Å²) in [5.41, 5.74) is 1.44. The molecule has 0 amide bonds. The van der Waals surface area contributed by atoms with E-state index in [9.17, 15) is 0 Å². The van der Waals surface area contributed by atoms with Gasteiger partial charge in [0, 0.05) is 18.1 Å². The largest absolute Gasteiger partial charge is 0.312 e. The van der Waals surface area contributed by atoms with Crippen LogP contribution >= 0.6 is 0 Å². The van der Waals surface area contributed by atoms with Crippen LogP contribution in [0.2, 0.25) is 0 Å². The molecule has 0 bridgehead atoms. The Morgan fingerprint density at radius 1 is 1.14 bits per heavy atom. The first-order chi connectivity index (χ1) is 10.3. The maximum atomic E-state index is 3.60. The van der Waals surface area contributed by atoms with E-state index in [1.807, 2.05) is 0 Å². The molecule has 0 aromatic heterocycles. The third kappa shape index (κ3) is 3.02. The quantitative estimate of drug-likeness (QED) is 0.880. The third-order valence-electron chi connectivity index (χ3n) is 5.75. The fourth-order valence-electron chi connectivity index (χ4n) is 4.76. The van der Waals surface area contributed by atoms with Crippen LogP contribution in [0.4, 0.5) is 0 Å². The molecular weight excluding hydrogens is 256 g/mol. The molecule has 1 saturated heterocycles. The number of likely N-dealkylation sites (tertiary alicyclic amines) is 1. The van der Waals surface area contributed by atoms with Crippen molar-refractivity contribution in [2.45, 2.75) is 63.6 Å². The molecule has 2 aliphatic rings. The van der Waals surface area contributed by atoms with Crippen LogP contribution in [0.25, 0.3) is 0 Å². The van der Waals surface area contributed by atoms with Gasteiger partial charge in [-0.2, -0.15) is 0 Å². The molecular formula is C19H30N2. The van der Waals surface area contributed by atoms with Gasteiger partial charge in [0.05, 0.1) is 0 Å². The molecule has 4 unspecified atom stereocenters. The second-order valence-corrected chi connectivity index (χ2v) is 6.79. The van der Waals surface area contributed by atoms with Gasteiger partial charge in [-0.05, 0) is 50.8 Å². The molecule has 2 heteroatoms. The van der Waals surface area contributed by atoms with E-state index in [-0.39, 0.29) is 0 Å². The van der Waals surface area contributed by atoms with Crippen LogP contribution in [0.3, 0.4) is 0 Å². The zero-order valence-electron chi connectivity index (χ0n) is 13.6. The van der Waals surface area contributed by atoms with E-state index < -0.39 is 0 Å². The van der Waals surface area contributed by atoms with Gasteiger partial charge < -0.3 is 5.32 Å². The summed E-state index contributed by atoms with van der Waals surface area (Å²) < 4.78 is 0. The van der Waals surface area contributed by atoms with Gasteiger partial charge in [0.15, 0.2) is 0 Å². The van der Waals surface area contributed by atoms with Crippen LogP contribution in [-0.4, -0.2) is 30.6 Å². The van der Waals surface area contributed by atoms with Crippen LogP contribution in [0.15, 0.2) is 30.3 Å². The molecule has 4 atom stereocenters. The summed E-state index contributed by atoms with van der Waals surface area (Å²) in [5, 5.41) is 3.60. The molecule has 0 radical (unpaired) electrons. The van der Waals surface area contributed by atoms with Crippen molar-refractivity contribution in [1.29, 1.82) is 0 Å². The Kier molecular flexibility index (Phi) is 4.97. The van der Waals surface area contributed by atoms with Gasteiger partial charge in [-0.3, -0.25) is 4.90 Å². The molecule has 116 valence electrons. The fraction of sp³-hybridized carbons (Fsp3) is 0.684. The van der Waals surface area contributed by atoms with Crippen LogP contribution in [0.5, 0.6) is 0 Å². The summed E-state index contributed by atoms with van der Waals surface area (Å²) in [5.74, 6) is 0.973. The number of benzene rings is 1. The average Bonchev–Trinajstić information content (AvgIpc) is 2.97. The first-order valence-electron chi connectivity index (χ1n) is 8.83. The number of nitrogens with one attached hydrogen (secondary N) is 1. The van der Waals surface area contributed by atoms with Crippen molar-refractivity contribution in [2.75, 3.05) is 13.6 Å². The summed E-state index contributed by atoms with van der Waals surface area (Å²) in [6, 6.07) is 12.9. The maximum absolute atomic E-state index is 3.60. The number of rotatable bonds is 5. The van der Waals surface area contributed by atoms with Gasteiger partial charge in [-0.1, -0.05) is 50.1 Å². The molecule has 1 heterocycles. The molecule has 21 heavy (non-hydrogen) atoms. The van der Waals surface area contributed by atoms with Crippen LogP contribution in [-0.2, 0) is 0 Å². The second kappa shape index (κ2) is 6.93. The van der Waals surface area contributed by atoms with Gasteiger partial charge in [0.25, 0.3) is 0 Å². The van der Waals surface area contributed by atoms with Crippen molar-refractivity contribution in [2.24, 2.45) is 5.92 Å². The summed E-state index contributed by atoms with van der Waals surface area (Å²) in [6.45, 7) is 3.66. The Morgan fingerprint density at radius 3 is 2.62 bits per heavy atom. The minimum absolute atomic E-state index is 0.455. The number of hydrogen-bond donors (Lipinski definition) is 1. The minimum Gasteiger partial charge on any atom is -0.312 e. The lowest BCUT2D eigenvalue weighted by molar-refractivity contribution is 0.105. The van der Waals surface area contributed by atoms with E-state index in [0.717, 1.165) is 12.0 Å². The monoisotopic (exact) mass is 286 g/mol. The first kappa shape index (κ1) is 15.1. The van der Waals surface area contributed by atoms with E-state index in [4.69, 9.17) is 0 Å². The predicted molar refractivity (Wildman–Crippen MR) is 89.4 cm³/mol. The lowest BCUT2D eigenvalue weighted by Crippen LogP contribution is -2.47. The molecule has 1 N–H and O–H groups in total. The SMILES string of the molecule is CCC(C(NC)c1ccccc1)N1CCC2CCCCC21. The molecule has 1 aliphatic carbocycles. The number of hydrogen-bond acceptors (Lipinski definition) is 2. The normalized spacial score (nSPS) is 29.0. The molecule has 3 rings (SSSR count). The molecule has 2 nitrogen and oxygen atoms in total. The summed E-state index contributed by atoms with van der Waals surface area (Å²) >= 11 is 0. The Balaban J connectivity index is 1.80. The molecule has 1 aromatic rings. The van der Waals surface area contributed by atoms with E-state index in [2.05, 4.69) is 54.5 Å². The van der Waals surface area contributed by atoms with Crippen LogP contribution < -0.4 is 5.32 Å². The second-order valence-electron chi connectivity index (χ2n) is 6.79. The standard InChI is InChI=1S/C19H30N2/c1-3-17(19(20-2)16-10-5-4-6-11-16)21-14-13-15-9-7-8-12-18(15)21/h4-6,10-11,15,17-20H,3,7-9,12-14H2,1-2H3. The topological polar surface area (TPSA) is 15.3 Å². The Labute approximate surface area is 129 Å². The highest BCUT2D eigenvalue weighted by Crippen LogP contribution is 2.39. The third-order valence-corrected chi connectivity index (χ3v) is 5.75. The molecule has 0 spiro atoms. The zero-order valence-corrected chi connectivity index (χ0v) is 13.6. The number of likely N-dealkylation sites (N-methyl/N-ethyl adjacent to an activating group) is 1. The molecule has 2 fully saturated rings. The highest BCUT2D eigenvalue weighted by Gasteiger charge is 2.40. The van der Waals surface area contributed by atoms with Crippen LogP contribution in [0, 0.1) is 5.92 Å². The van der Waals surface area contributed by atoms with Crippen LogP contribution in [0.1, 0.15) is 57.1 Å². The fourth-order valence-corrected chi connectivity index (χ4v) is 4.76. The zero-order chi connectivity index (χ0) is 14.7. The lowest BCUT2D eigenvalue weighted by atomic mass is 9.84. The highest BCUT2D eigenvalue weighted by molar-refractivity contribution is 5.21. The van der Waals surface area contributed by atoms with Crippen molar-refractivity contribution in [3.05, 3.63) is 35.9 Å². The lowest BCUT2D eigenvalue weighted by Gasteiger charge is -2.40. The van der Waals surface area contributed by atoms with E-state index in [1.165, 1.54) is 50.6 Å². The number of nitrogens with zero attached hydrogens (tertiary/aromatic N) is 1. The van der Waals surface area contributed by atoms with E-state index in [1.54, 1.807) is 0 Å². The molecule has 1 aliphatic heterocycles. The van der Waals surface area contributed by atoms with E-state index >= 15 is 0 Å². The van der Waals surface area contributed by atoms with Crippen molar-refractivity contribution >= 4 is 0 Å². The van der Waals surface area contributed by atoms with Gasteiger partial charge in [0.1, 0.15) is 0 Å². The molecule has 1 saturated carbocycles. The van der Waals surface area contributed by atoms with Gasteiger partial charge in [-0.15, -0.1) is 0 Å². The Hall–Kier alpha value is -0.860. The molecule has 1 aromatic carbocycles. The number of fused-ring (bicyclic) bond motifs is 1. The van der Waals surface area contributed by atoms with Gasteiger partial charge in [0.2, 0.25) is 0 Å². The summed E-state index contributed by atoms with van der Waals surface area (Å²) in [6.07, 6.45) is 8.43. The summed E-state index contributed by atoms with van der Waals surface area (Å²) in [4.78, 5) is 2.85. The van der Waals surface area contributed by atoms with Gasteiger partial charge >= 0.3 is 0 Å². The smallest absolute Gasteiger partial charge is 0.0475 e. The van der Waals surface area contributed by atoms with Crippen molar-refractivity contribution in [3.8, 4) is 0 Å². The van der Waals surface area contributed by atoms with Crippen molar-refractivity contribution < 1.29 is 0 Å². The first-order valence-corrected chi connectivity index (χ1v) is 8.83. The Morgan fingerprint density at radius 2 is 1.90 bits per heavy atom. The van der Waals surface area contributed by atoms with Gasteiger partial charge in [-0.25, -0.2) is 0 Å². The van der Waals surface area contributed by atoms with Crippen molar-refractivity contribution in [1.82, 2.24) is 10.2 Å². The average molecular weight is 286 g/mol. The maximum Gasteiger partial charge on any atom is 0.0475 e.